The minimum absolute atomic E-state index is 0.134. The summed E-state index contributed by atoms with van der Waals surface area (Å²) in [6.07, 6.45) is 1.94. The Morgan fingerprint density at radius 3 is 2.35 bits per heavy atom. The molecular formula is C10H19N3O4. The van der Waals surface area contributed by atoms with Gasteiger partial charge in [0.1, 0.15) is 0 Å². The fourth-order valence-electron chi connectivity index (χ4n) is 1.23. The molecule has 0 aliphatic rings. The second-order valence-corrected chi connectivity index (χ2v) is 3.77. The summed E-state index contributed by atoms with van der Waals surface area (Å²) < 4.78 is 0. The van der Waals surface area contributed by atoms with E-state index in [4.69, 9.17) is 16.6 Å². The molecule has 0 aromatic heterocycles. The fourth-order valence-corrected chi connectivity index (χ4v) is 1.23. The van der Waals surface area contributed by atoms with Gasteiger partial charge in [-0.15, -0.1) is 0 Å². The van der Waals surface area contributed by atoms with E-state index in [9.17, 15) is 14.4 Å². The van der Waals surface area contributed by atoms with Crippen molar-refractivity contribution in [1.82, 2.24) is 5.32 Å². The second kappa shape index (κ2) is 8.51. The molecule has 2 amide bonds. The monoisotopic (exact) mass is 245 g/mol. The van der Waals surface area contributed by atoms with Crippen LogP contribution in [-0.2, 0) is 14.4 Å². The molecule has 0 bridgehead atoms. The highest BCUT2D eigenvalue weighted by atomic mass is 16.4. The highest BCUT2D eigenvalue weighted by molar-refractivity contribution is 5.87. The van der Waals surface area contributed by atoms with Crippen molar-refractivity contribution in [2.75, 3.05) is 6.54 Å². The summed E-state index contributed by atoms with van der Waals surface area (Å²) >= 11 is 0. The topological polar surface area (TPSA) is 136 Å². The second-order valence-electron chi connectivity index (χ2n) is 3.77. The maximum absolute atomic E-state index is 11.3. The van der Waals surface area contributed by atoms with Crippen molar-refractivity contribution in [1.29, 1.82) is 0 Å². The summed E-state index contributed by atoms with van der Waals surface area (Å²) in [7, 11) is 0. The Balaban J connectivity index is 3.51. The van der Waals surface area contributed by atoms with Gasteiger partial charge in [0.15, 0.2) is 0 Å². The first-order valence-corrected chi connectivity index (χ1v) is 5.47. The van der Waals surface area contributed by atoms with Crippen LogP contribution >= 0.6 is 0 Å². The molecule has 0 aliphatic heterocycles. The van der Waals surface area contributed by atoms with Gasteiger partial charge in [0.05, 0.1) is 12.5 Å². The molecule has 0 aromatic rings. The van der Waals surface area contributed by atoms with Crippen molar-refractivity contribution in [3.63, 3.8) is 0 Å². The van der Waals surface area contributed by atoms with Crippen molar-refractivity contribution in [3.8, 4) is 0 Å². The van der Waals surface area contributed by atoms with Crippen LogP contribution in [0, 0.1) is 0 Å². The summed E-state index contributed by atoms with van der Waals surface area (Å²) in [5.41, 5.74) is 10.3. The van der Waals surface area contributed by atoms with Crippen LogP contribution in [0.3, 0.4) is 0 Å². The Kier molecular flexibility index (Phi) is 7.70. The molecule has 6 N–H and O–H groups in total. The maximum Gasteiger partial charge on any atom is 0.303 e. The number of carbonyl (C=O) groups excluding carboxylic acids is 2. The summed E-state index contributed by atoms with van der Waals surface area (Å²) in [6, 6.07) is -0.911. The third-order valence-corrected chi connectivity index (χ3v) is 2.12. The molecular weight excluding hydrogens is 226 g/mol. The van der Waals surface area contributed by atoms with Gasteiger partial charge in [-0.05, 0) is 12.8 Å². The third kappa shape index (κ3) is 9.31. The van der Waals surface area contributed by atoms with Gasteiger partial charge in [0.25, 0.3) is 0 Å². The number of nitrogens with one attached hydrogen (secondary N) is 1. The number of amides is 2. The summed E-state index contributed by atoms with van der Waals surface area (Å²) in [6.45, 7) is 0.422. The first kappa shape index (κ1) is 15.4. The molecule has 0 heterocycles. The van der Waals surface area contributed by atoms with E-state index in [-0.39, 0.29) is 12.8 Å². The van der Waals surface area contributed by atoms with Crippen molar-refractivity contribution >= 4 is 17.8 Å². The zero-order chi connectivity index (χ0) is 13.3. The molecule has 0 radical (unpaired) electrons. The summed E-state index contributed by atoms with van der Waals surface area (Å²) in [5, 5.41) is 10.9. The minimum atomic E-state index is -0.911. The number of hydrogen-bond donors (Lipinski definition) is 4. The molecule has 0 aromatic carbocycles. The first-order chi connectivity index (χ1) is 7.93. The average Bonchev–Trinajstić information content (AvgIpc) is 2.21. The van der Waals surface area contributed by atoms with E-state index in [0.29, 0.717) is 19.4 Å². The smallest absolute Gasteiger partial charge is 0.303 e. The van der Waals surface area contributed by atoms with Crippen LogP contribution in [0.15, 0.2) is 0 Å². The van der Waals surface area contributed by atoms with Gasteiger partial charge < -0.3 is 21.9 Å². The molecule has 0 rings (SSSR count). The minimum Gasteiger partial charge on any atom is -0.481 e. The molecule has 0 spiro atoms. The lowest BCUT2D eigenvalue weighted by atomic mass is 10.1. The summed E-state index contributed by atoms with van der Waals surface area (Å²) in [5.74, 6) is -1.85. The van der Waals surface area contributed by atoms with Crippen LogP contribution in [0.1, 0.15) is 32.1 Å². The molecule has 98 valence electrons. The van der Waals surface area contributed by atoms with Crippen LogP contribution in [0.5, 0.6) is 0 Å². The highest BCUT2D eigenvalue weighted by Crippen LogP contribution is 1.98. The number of hydrogen-bond acceptors (Lipinski definition) is 4. The van der Waals surface area contributed by atoms with E-state index >= 15 is 0 Å². The zero-order valence-electron chi connectivity index (χ0n) is 9.65. The Hall–Kier alpha value is -1.63. The maximum atomic E-state index is 11.3. The quantitative estimate of drug-likeness (QED) is 0.384. The van der Waals surface area contributed by atoms with E-state index in [2.05, 4.69) is 5.32 Å². The van der Waals surface area contributed by atoms with Gasteiger partial charge in [-0.3, -0.25) is 14.4 Å². The number of primary amides is 1. The number of unbranched alkanes of at least 4 members (excludes halogenated alkanes) is 2. The van der Waals surface area contributed by atoms with Crippen LogP contribution in [-0.4, -0.2) is 35.5 Å². The van der Waals surface area contributed by atoms with Gasteiger partial charge >= 0.3 is 5.97 Å². The Morgan fingerprint density at radius 1 is 1.18 bits per heavy atom. The molecule has 0 fully saturated rings. The normalized spacial score (nSPS) is 11.8. The predicted octanol–water partition coefficient (Wildman–Crippen LogP) is -1.05. The van der Waals surface area contributed by atoms with Crippen LogP contribution in [0.4, 0.5) is 0 Å². The average molecular weight is 245 g/mol. The van der Waals surface area contributed by atoms with E-state index in [1.165, 1.54) is 0 Å². The zero-order valence-corrected chi connectivity index (χ0v) is 9.65. The lowest BCUT2D eigenvalue weighted by Gasteiger charge is -2.10. The van der Waals surface area contributed by atoms with Crippen LogP contribution in [0.25, 0.3) is 0 Å². The number of rotatable bonds is 9. The van der Waals surface area contributed by atoms with Crippen molar-refractivity contribution in [3.05, 3.63) is 0 Å². The van der Waals surface area contributed by atoms with Crippen molar-refractivity contribution in [2.45, 2.75) is 38.1 Å². The molecule has 0 saturated carbocycles. The standard InChI is InChI=1S/C10H19N3O4/c11-7(6-8(12)14)10(17)13-5-3-1-2-4-9(15)16/h7H,1-6,11H2,(H2,12,14)(H,13,17)(H,15,16). The lowest BCUT2D eigenvalue weighted by molar-refractivity contribution is -0.137. The van der Waals surface area contributed by atoms with Gasteiger partial charge in [0, 0.05) is 13.0 Å². The molecule has 7 nitrogen and oxygen atoms in total. The van der Waals surface area contributed by atoms with E-state index in [1.807, 2.05) is 0 Å². The van der Waals surface area contributed by atoms with Gasteiger partial charge in [0.2, 0.25) is 11.8 Å². The number of carboxylic acid groups (broad SMARTS) is 1. The summed E-state index contributed by atoms with van der Waals surface area (Å²) in [4.78, 5) is 32.0. The fraction of sp³-hybridized carbons (Fsp3) is 0.700. The van der Waals surface area contributed by atoms with Gasteiger partial charge in [-0.2, -0.15) is 0 Å². The lowest BCUT2D eigenvalue weighted by Crippen LogP contribution is -2.43. The number of carbonyl (C=O) groups is 3. The van der Waals surface area contributed by atoms with Crippen molar-refractivity contribution in [2.24, 2.45) is 11.5 Å². The highest BCUT2D eigenvalue weighted by Gasteiger charge is 2.14. The van der Waals surface area contributed by atoms with Crippen LogP contribution in [0.2, 0.25) is 0 Å². The Morgan fingerprint density at radius 2 is 1.82 bits per heavy atom. The molecule has 7 heteroatoms. The van der Waals surface area contributed by atoms with E-state index < -0.39 is 23.8 Å². The Bertz CT molecular complexity index is 281. The van der Waals surface area contributed by atoms with Gasteiger partial charge in [-0.1, -0.05) is 6.42 Å². The molecule has 17 heavy (non-hydrogen) atoms. The number of carboxylic acids is 1. The molecule has 0 aliphatic carbocycles. The first-order valence-electron chi connectivity index (χ1n) is 5.47. The van der Waals surface area contributed by atoms with E-state index in [1.54, 1.807) is 0 Å². The largest absolute Gasteiger partial charge is 0.481 e. The van der Waals surface area contributed by atoms with E-state index in [0.717, 1.165) is 6.42 Å². The molecule has 1 unspecified atom stereocenters. The molecule has 0 saturated heterocycles. The number of nitrogens with two attached hydrogens (primary N) is 2. The predicted molar refractivity (Wildman–Crippen MR) is 60.9 cm³/mol. The Labute approximate surface area is 99.5 Å². The van der Waals surface area contributed by atoms with Crippen LogP contribution < -0.4 is 16.8 Å². The third-order valence-electron chi connectivity index (χ3n) is 2.12. The SMILES string of the molecule is NC(=O)CC(N)C(=O)NCCCCCC(=O)O. The number of aliphatic carboxylic acids is 1. The van der Waals surface area contributed by atoms with Gasteiger partial charge in [-0.25, -0.2) is 0 Å². The van der Waals surface area contributed by atoms with Crippen molar-refractivity contribution < 1.29 is 19.5 Å². The molecule has 1 atom stereocenters.